The van der Waals surface area contributed by atoms with Gasteiger partial charge in [-0.2, -0.15) is 0 Å². The molecule has 1 aliphatic rings. The number of hydrogen-bond donors (Lipinski definition) is 1. The van der Waals surface area contributed by atoms with E-state index in [0.29, 0.717) is 6.54 Å². The van der Waals surface area contributed by atoms with Gasteiger partial charge < -0.3 is 14.8 Å². The van der Waals surface area contributed by atoms with Crippen molar-refractivity contribution in [2.24, 2.45) is 7.05 Å². The van der Waals surface area contributed by atoms with Crippen LogP contribution in [-0.4, -0.2) is 35.0 Å². The van der Waals surface area contributed by atoms with Crippen LogP contribution in [0, 0.1) is 0 Å². The molecule has 3 rings (SSSR count). The number of nitrogens with one attached hydrogen (secondary N) is 1. The number of hydrogen-bond acceptors (Lipinski definition) is 2. The quantitative estimate of drug-likeness (QED) is 0.936. The van der Waals surface area contributed by atoms with Crippen molar-refractivity contribution >= 4 is 16.8 Å². The summed E-state index contributed by atoms with van der Waals surface area (Å²) in [7, 11) is 2.06. The van der Waals surface area contributed by atoms with Crippen molar-refractivity contribution in [2.45, 2.75) is 25.8 Å². The monoisotopic (exact) mass is 285 g/mol. The van der Waals surface area contributed by atoms with Crippen LogP contribution in [0.25, 0.3) is 10.9 Å². The molecule has 1 aromatic carbocycles. The lowest BCUT2D eigenvalue weighted by Gasteiger charge is -2.26. The number of aryl methyl sites for hydroxylation is 1. The van der Waals surface area contributed by atoms with Crippen LogP contribution in [0.1, 0.15) is 24.8 Å². The van der Waals surface area contributed by atoms with Gasteiger partial charge in [0.25, 0.3) is 0 Å². The van der Waals surface area contributed by atoms with E-state index in [1.807, 2.05) is 4.90 Å². The number of benzene rings is 1. The molecule has 0 atom stereocenters. The van der Waals surface area contributed by atoms with Crippen molar-refractivity contribution < 1.29 is 4.79 Å². The molecule has 4 heteroatoms. The van der Waals surface area contributed by atoms with Gasteiger partial charge in [-0.05, 0) is 30.9 Å². The van der Waals surface area contributed by atoms with E-state index in [1.165, 1.54) is 22.9 Å². The van der Waals surface area contributed by atoms with Crippen LogP contribution >= 0.6 is 0 Å². The number of carbonyl (C=O) groups is 1. The number of amides is 1. The summed E-state index contributed by atoms with van der Waals surface area (Å²) >= 11 is 0. The molecule has 0 radical (unpaired) electrons. The summed E-state index contributed by atoms with van der Waals surface area (Å²) in [4.78, 5) is 14.1. The molecule has 1 amide bonds. The molecule has 0 spiro atoms. The van der Waals surface area contributed by atoms with Gasteiger partial charge in [-0.15, -0.1) is 0 Å². The Kier molecular flexibility index (Phi) is 4.25. The van der Waals surface area contributed by atoms with Crippen LogP contribution in [0.15, 0.2) is 30.5 Å². The third kappa shape index (κ3) is 3.10. The van der Waals surface area contributed by atoms with E-state index < -0.39 is 0 Å². The van der Waals surface area contributed by atoms with Gasteiger partial charge in [0.05, 0.1) is 6.54 Å². The molecule has 1 aromatic heterocycles. The smallest absolute Gasteiger partial charge is 0.236 e. The second-order valence-corrected chi connectivity index (χ2v) is 5.83. The third-order valence-corrected chi connectivity index (χ3v) is 4.28. The Bertz CT molecular complexity index is 626. The lowest BCUT2D eigenvalue weighted by molar-refractivity contribution is -0.131. The Morgan fingerprint density at radius 3 is 2.76 bits per heavy atom. The van der Waals surface area contributed by atoms with Crippen LogP contribution in [0.4, 0.5) is 0 Å². The molecule has 21 heavy (non-hydrogen) atoms. The first-order valence-electron chi connectivity index (χ1n) is 7.77. The molecule has 4 nitrogen and oxygen atoms in total. The van der Waals surface area contributed by atoms with Crippen LogP contribution in [-0.2, 0) is 18.4 Å². The molecular formula is C17H23N3O. The Labute approximate surface area is 125 Å². The summed E-state index contributed by atoms with van der Waals surface area (Å²) in [6.07, 6.45) is 5.69. The first kappa shape index (κ1) is 14.1. The molecule has 0 aliphatic carbocycles. The first-order chi connectivity index (χ1) is 10.3. The summed E-state index contributed by atoms with van der Waals surface area (Å²) in [6, 6.07) is 8.38. The molecule has 0 unspecified atom stereocenters. The Hall–Kier alpha value is -1.81. The second kappa shape index (κ2) is 6.31. The third-order valence-electron chi connectivity index (χ3n) is 4.28. The Morgan fingerprint density at radius 1 is 1.19 bits per heavy atom. The Balaban J connectivity index is 1.58. The van der Waals surface area contributed by atoms with Gasteiger partial charge in [-0.1, -0.05) is 18.2 Å². The zero-order valence-corrected chi connectivity index (χ0v) is 12.6. The standard InChI is InChI=1S/C17H23N3O/c1-19-13-14(15-7-3-4-8-16(15)19)11-18-12-17(21)20-9-5-2-6-10-20/h3-4,7-8,13,18H,2,5-6,9-12H2,1H3. The number of nitrogens with zero attached hydrogens (tertiary/aromatic N) is 2. The highest BCUT2D eigenvalue weighted by Gasteiger charge is 2.15. The van der Waals surface area contributed by atoms with Crippen LogP contribution in [0.5, 0.6) is 0 Å². The van der Waals surface area contributed by atoms with Crippen molar-refractivity contribution in [1.82, 2.24) is 14.8 Å². The lowest BCUT2D eigenvalue weighted by atomic mass is 10.1. The van der Waals surface area contributed by atoms with Crippen molar-refractivity contribution in [3.05, 3.63) is 36.0 Å². The molecule has 2 aromatic rings. The number of carbonyl (C=O) groups excluding carboxylic acids is 1. The minimum absolute atomic E-state index is 0.231. The fourth-order valence-electron chi connectivity index (χ4n) is 3.13. The van der Waals surface area contributed by atoms with Crippen molar-refractivity contribution in [2.75, 3.05) is 19.6 Å². The van der Waals surface area contributed by atoms with Crippen LogP contribution in [0.2, 0.25) is 0 Å². The molecule has 1 saturated heterocycles. The molecule has 1 fully saturated rings. The van der Waals surface area contributed by atoms with Crippen molar-refractivity contribution in [3.63, 3.8) is 0 Å². The summed E-state index contributed by atoms with van der Waals surface area (Å²) < 4.78 is 2.14. The summed E-state index contributed by atoms with van der Waals surface area (Å²) in [5.74, 6) is 0.231. The maximum Gasteiger partial charge on any atom is 0.236 e. The van der Waals surface area contributed by atoms with Crippen LogP contribution in [0.3, 0.4) is 0 Å². The minimum Gasteiger partial charge on any atom is -0.350 e. The van der Waals surface area contributed by atoms with Gasteiger partial charge in [-0.25, -0.2) is 0 Å². The highest BCUT2D eigenvalue weighted by molar-refractivity contribution is 5.84. The average Bonchev–Trinajstić information content (AvgIpc) is 2.85. The van der Waals surface area contributed by atoms with Gasteiger partial charge in [0.2, 0.25) is 5.91 Å². The average molecular weight is 285 g/mol. The van der Waals surface area contributed by atoms with Gasteiger partial charge in [0.15, 0.2) is 0 Å². The first-order valence-corrected chi connectivity index (χ1v) is 7.77. The maximum atomic E-state index is 12.1. The largest absolute Gasteiger partial charge is 0.350 e. The predicted molar refractivity (Wildman–Crippen MR) is 85.1 cm³/mol. The number of piperidine rings is 1. The van der Waals surface area contributed by atoms with E-state index >= 15 is 0 Å². The molecule has 0 saturated carbocycles. The van der Waals surface area contributed by atoms with E-state index in [2.05, 4.69) is 47.4 Å². The SMILES string of the molecule is Cn1cc(CNCC(=O)N2CCCCC2)c2ccccc21. The zero-order chi connectivity index (χ0) is 14.7. The van der Waals surface area contributed by atoms with E-state index in [1.54, 1.807) is 0 Å². The second-order valence-electron chi connectivity index (χ2n) is 5.83. The molecule has 112 valence electrons. The minimum atomic E-state index is 0.231. The highest BCUT2D eigenvalue weighted by atomic mass is 16.2. The summed E-state index contributed by atoms with van der Waals surface area (Å²) in [5.41, 5.74) is 2.48. The van der Waals surface area contributed by atoms with Gasteiger partial charge in [0, 0.05) is 43.8 Å². The molecular weight excluding hydrogens is 262 g/mol. The summed E-state index contributed by atoms with van der Waals surface area (Å²) in [6.45, 7) is 3.02. The predicted octanol–water partition coefficient (Wildman–Crippen LogP) is 2.28. The fourth-order valence-corrected chi connectivity index (χ4v) is 3.13. The highest BCUT2D eigenvalue weighted by Crippen LogP contribution is 2.19. The van der Waals surface area contributed by atoms with Crippen LogP contribution < -0.4 is 5.32 Å². The molecule has 2 heterocycles. The number of para-hydroxylation sites is 1. The number of likely N-dealkylation sites (tertiary alicyclic amines) is 1. The zero-order valence-electron chi connectivity index (χ0n) is 12.6. The number of fused-ring (bicyclic) bond motifs is 1. The van der Waals surface area contributed by atoms with Gasteiger partial charge in [-0.3, -0.25) is 4.79 Å². The normalized spacial score (nSPS) is 15.6. The summed E-state index contributed by atoms with van der Waals surface area (Å²) in [5, 5.41) is 4.56. The number of rotatable bonds is 4. The topological polar surface area (TPSA) is 37.3 Å². The maximum absolute atomic E-state index is 12.1. The van der Waals surface area contributed by atoms with E-state index in [4.69, 9.17) is 0 Å². The van der Waals surface area contributed by atoms with Crippen molar-refractivity contribution in [1.29, 1.82) is 0 Å². The molecule has 0 bridgehead atoms. The van der Waals surface area contributed by atoms with E-state index in [9.17, 15) is 4.79 Å². The Morgan fingerprint density at radius 2 is 1.95 bits per heavy atom. The van der Waals surface area contributed by atoms with E-state index in [0.717, 1.165) is 32.5 Å². The van der Waals surface area contributed by atoms with Gasteiger partial charge in [0.1, 0.15) is 0 Å². The fraction of sp³-hybridized carbons (Fsp3) is 0.471. The van der Waals surface area contributed by atoms with Gasteiger partial charge >= 0.3 is 0 Å². The molecule has 1 N–H and O–H groups in total. The van der Waals surface area contributed by atoms with E-state index in [-0.39, 0.29) is 5.91 Å². The number of aromatic nitrogens is 1. The molecule has 1 aliphatic heterocycles. The van der Waals surface area contributed by atoms with Crippen molar-refractivity contribution in [3.8, 4) is 0 Å². The lowest BCUT2D eigenvalue weighted by Crippen LogP contribution is -2.40.